The predicted molar refractivity (Wildman–Crippen MR) is 63.3 cm³/mol. The first-order valence-electron chi connectivity index (χ1n) is 5.48. The molecule has 0 saturated carbocycles. The van der Waals surface area contributed by atoms with Gasteiger partial charge in [-0.1, -0.05) is 23.4 Å². The largest absolute Gasteiger partial charge is 0.328 e. The molecule has 16 heavy (non-hydrogen) atoms. The molecule has 4 nitrogen and oxygen atoms in total. The number of hydrogen-bond acceptors (Lipinski definition) is 3. The summed E-state index contributed by atoms with van der Waals surface area (Å²) in [6.07, 6.45) is 3.65. The molecule has 1 heterocycles. The molecule has 0 bridgehead atoms. The fourth-order valence-electron chi connectivity index (χ4n) is 1.59. The Morgan fingerprint density at radius 2 is 2.06 bits per heavy atom. The van der Waals surface area contributed by atoms with E-state index in [4.69, 9.17) is 5.73 Å². The topological polar surface area (TPSA) is 56.7 Å². The molecule has 0 amide bonds. The van der Waals surface area contributed by atoms with E-state index < -0.39 is 0 Å². The highest BCUT2D eigenvalue weighted by molar-refractivity contribution is 5.31. The van der Waals surface area contributed by atoms with E-state index in [2.05, 4.69) is 10.3 Å². The maximum Gasteiger partial charge on any atom is 0.0729 e. The molecule has 2 N–H and O–H groups in total. The van der Waals surface area contributed by atoms with Gasteiger partial charge in [0.15, 0.2) is 0 Å². The molecular formula is C12H16N4. The number of rotatable bonds is 4. The first-order chi connectivity index (χ1) is 7.77. The second-order valence-electron chi connectivity index (χ2n) is 3.99. The van der Waals surface area contributed by atoms with Gasteiger partial charge in [0, 0.05) is 6.04 Å². The van der Waals surface area contributed by atoms with Crippen LogP contribution in [0, 0.1) is 0 Å². The summed E-state index contributed by atoms with van der Waals surface area (Å²) >= 11 is 0. The van der Waals surface area contributed by atoms with Crippen LogP contribution in [0.25, 0.3) is 5.69 Å². The van der Waals surface area contributed by atoms with Crippen LogP contribution in [0.3, 0.4) is 0 Å². The Balaban J connectivity index is 2.19. The van der Waals surface area contributed by atoms with E-state index >= 15 is 0 Å². The van der Waals surface area contributed by atoms with Crippen molar-refractivity contribution in [3.8, 4) is 5.69 Å². The Kier molecular flexibility index (Phi) is 3.31. The molecular weight excluding hydrogens is 200 g/mol. The van der Waals surface area contributed by atoms with Crippen LogP contribution in [-0.4, -0.2) is 21.0 Å². The molecule has 84 valence electrons. The van der Waals surface area contributed by atoms with Crippen molar-refractivity contribution < 1.29 is 0 Å². The summed E-state index contributed by atoms with van der Waals surface area (Å²) in [5.41, 5.74) is 7.89. The van der Waals surface area contributed by atoms with E-state index in [1.54, 1.807) is 6.20 Å². The third kappa shape index (κ3) is 2.46. The second kappa shape index (κ2) is 4.90. The summed E-state index contributed by atoms with van der Waals surface area (Å²) < 4.78 is 1.86. The van der Waals surface area contributed by atoms with Crippen molar-refractivity contribution in [2.75, 3.05) is 0 Å². The van der Waals surface area contributed by atoms with E-state index in [1.165, 1.54) is 0 Å². The standard InChI is InChI=1S/C12H16N4/c1-10(13)7-8-12-9-14-15-16(12)11-5-3-2-4-6-11/h2-6,9-10H,7-8,13H2,1H3. The van der Waals surface area contributed by atoms with Gasteiger partial charge in [0.1, 0.15) is 0 Å². The molecule has 0 fully saturated rings. The minimum absolute atomic E-state index is 0.208. The Bertz CT molecular complexity index is 433. The fraction of sp³-hybridized carbons (Fsp3) is 0.333. The molecule has 1 aromatic carbocycles. The Morgan fingerprint density at radius 3 is 2.75 bits per heavy atom. The van der Waals surface area contributed by atoms with Crippen molar-refractivity contribution in [3.63, 3.8) is 0 Å². The van der Waals surface area contributed by atoms with Crippen molar-refractivity contribution in [1.82, 2.24) is 15.0 Å². The highest BCUT2D eigenvalue weighted by atomic mass is 15.4. The molecule has 0 saturated heterocycles. The third-order valence-electron chi connectivity index (χ3n) is 2.48. The molecule has 0 radical (unpaired) electrons. The molecule has 4 heteroatoms. The fourth-order valence-corrected chi connectivity index (χ4v) is 1.59. The number of nitrogens with two attached hydrogens (primary N) is 1. The Labute approximate surface area is 95.1 Å². The van der Waals surface area contributed by atoms with Crippen LogP contribution in [-0.2, 0) is 6.42 Å². The van der Waals surface area contributed by atoms with Gasteiger partial charge >= 0.3 is 0 Å². The average Bonchev–Trinajstić information content (AvgIpc) is 2.75. The molecule has 0 aliphatic carbocycles. The summed E-state index contributed by atoms with van der Waals surface area (Å²) in [5, 5.41) is 8.04. The molecule has 1 aromatic heterocycles. The zero-order chi connectivity index (χ0) is 11.4. The van der Waals surface area contributed by atoms with Gasteiger partial charge in [-0.15, -0.1) is 5.10 Å². The lowest BCUT2D eigenvalue weighted by Crippen LogP contribution is -2.16. The van der Waals surface area contributed by atoms with Crippen LogP contribution in [0.5, 0.6) is 0 Å². The number of para-hydroxylation sites is 1. The van der Waals surface area contributed by atoms with Gasteiger partial charge in [-0.25, -0.2) is 4.68 Å². The lowest BCUT2D eigenvalue weighted by atomic mass is 10.1. The Morgan fingerprint density at radius 1 is 1.31 bits per heavy atom. The summed E-state index contributed by atoms with van der Waals surface area (Å²) in [6, 6.07) is 10.2. The summed E-state index contributed by atoms with van der Waals surface area (Å²) in [7, 11) is 0. The summed E-state index contributed by atoms with van der Waals surface area (Å²) in [6.45, 7) is 2.01. The first kappa shape index (κ1) is 10.8. The highest BCUT2D eigenvalue weighted by Gasteiger charge is 2.06. The summed E-state index contributed by atoms with van der Waals surface area (Å²) in [5.74, 6) is 0. The number of hydrogen-bond donors (Lipinski definition) is 1. The van der Waals surface area contributed by atoms with Gasteiger partial charge in [-0.05, 0) is 31.9 Å². The molecule has 0 aliphatic rings. The molecule has 0 spiro atoms. The van der Waals surface area contributed by atoms with E-state index in [-0.39, 0.29) is 6.04 Å². The van der Waals surface area contributed by atoms with Crippen LogP contribution in [0.1, 0.15) is 19.0 Å². The van der Waals surface area contributed by atoms with Crippen molar-refractivity contribution in [2.24, 2.45) is 5.73 Å². The molecule has 2 rings (SSSR count). The van der Waals surface area contributed by atoms with Gasteiger partial charge in [-0.3, -0.25) is 0 Å². The minimum atomic E-state index is 0.208. The normalized spacial score (nSPS) is 12.6. The lowest BCUT2D eigenvalue weighted by molar-refractivity contribution is 0.641. The second-order valence-corrected chi connectivity index (χ2v) is 3.99. The van der Waals surface area contributed by atoms with Crippen molar-refractivity contribution >= 4 is 0 Å². The quantitative estimate of drug-likeness (QED) is 0.843. The van der Waals surface area contributed by atoms with Gasteiger partial charge in [0.05, 0.1) is 17.6 Å². The van der Waals surface area contributed by atoms with Crippen molar-refractivity contribution in [3.05, 3.63) is 42.2 Å². The van der Waals surface area contributed by atoms with E-state index in [0.717, 1.165) is 24.2 Å². The Hall–Kier alpha value is -1.68. The number of benzene rings is 1. The van der Waals surface area contributed by atoms with Crippen LogP contribution in [0.4, 0.5) is 0 Å². The van der Waals surface area contributed by atoms with Gasteiger partial charge in [0.25, 0.3) is 0 Å². The van der Waals surface area contributed by atoms with Gasteiger partial charge < -0.3 is 5.73 Å². The van der Waals surface area contributed by atoms with Crippen molar-refractivity contribution in [2.45, 2.75) is 25.8 Å². The highest BCUT2D eigenvalue weighted by Crippen LogP contribution is 2.10. The van der Waals surface area contributed by atoms with Crippen LogP contribution < -0.4 is 5.73 Å². The number of aromatic nitrogens is 3. The van der Waals surface area contributed by atoms with E-state index in [1.807, 2.05) is 41.9 Å². The number of aryl methyl sites for hydroxylation is 1. The molecule has 0 aliphatic heterocycles. The number of nitrogens with zero attached hydrogens (tertiary/aromatic N) is 3. The lowest BCUT2D eigenvalue weighted by Gasteiger charge is -2.07. The van der Waals surface area contributed by atoms with Crippen LogP contribution in [0.15, 0.2) is 36.5 Å². The smallest absolute Gasteiger partial charge is 0.0729 e. The van der Waals surface area contributed by atoms with Gasteiger partial charge in [-0.2, -0.15) is 0 Å². The zero-order valence-corrected chi connectivity index (χ0v) is 9.37. The zero-order valence-electron chi connectivity index (χ0n) is 9.37. The first-order valence-corrected chi connectivity index (χ1v) is 5.48. The predicted octanol–water partition coefficient (Wildman–Crippen LogP) is 1.55. The molecule has 1 atom stereocenters. The van der Waals surface area contributed by atoms with Crippen molar-refractivity contribution in [1.29, 1.82) is 0 Å². The minimum Gasteiger partial charge on any atom is -0.328 e. The molecule has 1 unspecified atom stereocenters. The average molecular weight is 216 g/mol. The maximum absolute atomic E-state index is 5.75. The third-order valence-corrected chi connectivity index (χ3v) is 2.48. The monoisotopic (exact) mass is 216 g/mol. The van der Waals surface area contributed by atoms with Crippen LogP contribution >= 0.6 is 0 Å². The van der Waals surface area contributed by atoms with E-state index in [9.17, 15) is 0 Å². The SMILES string of the molecule is CC(N)CCc1cnnn1-c1ccccc1. The maximum atomic E-state index is 5.75. The van der Waals surface area contributed by atoms with E-state index in [0.29, 0.717) is 0 Å². The van der Waals surface area contributed by atoms with Crippen LogP contribution in [0.2, 0.25) is 0 Å². The molecule has 2 aromatic rings. The summed E-state index contributed by atoms with van der Waals surface area (Å²) in [4.78, 5) is 0. The van der Waals surface area contributed by atoms with Gasteiger partial charge in [0.2, 0.25) is 0 Å².